The first-order valence-electron chi connectivity index (χ1n) is 5.52. The highest BCUT2D eigenvalue weighted by Gasteiger charge is 2.14. The summed E-state index contributed by atoms with van der Waals surface area (Å²) in [6.07, 6.45) is 0. The summed E-state index contributed by atoms with van der Waals surface area (Å²) in [5.41, 5.74) is 0.108. The van der Waals surface area contributed by atoms with E-state index in [1.165, 1.54) is 24.3 Å². The van der Waals surface area contributed by atoms with Crippen molar-refractivity contribution in [1.29, 1.82) is 0 Å². The monoisotopic (exact) mass is 269 g/mol. The van der Waals surface area contributed by atoms with Crippen molar-refractivity contribution in [3.05, 3.63) is 39.9 Å². The lowest BCUT2D eigenvalue weighted by Crippen LogP contribution is -2.16. The first-order valence-corrected chi connectivity index (χ1v) is 7.01. The van der Waals surface area contributed by atoms with E-state index in [-0.39, 0.29) is 28.7 Å². The van der Waals surface area contributed by atoms with Crippen LogP contribution in [0.3, 0.4) is 0 Å². The molecule has 1 aromatic rings. The summed E-state index contributed by atoms with van der Waals surface area (Å²) in [5.74, 6) is 0.307. The third-order valence-electron chi connectivity index (χ3n) is 2.19. The fraction of sp³-hybridized carbons (Fsp3) is 0.417. The molecule has 6 heteroatoms. The maximum Gasteiger partial charge on any atom is 0.270 e. The van der Waals surface area contributed by atoms with Gasteiger partial charge in [-0.05, 0) is 5.92 Å². The van der Waals surface area contributed by atoms with Gasteiger partial charge in [0.1, 0.15) is 0 Å². The van der Waals surface area contributed by atoms with E-state index in [9.17, 15) is 19.1 Å². The highest BCUT2D eigenvalue weighted by molar-refractivity contribution is 7.85. The zero-order valence-corrected chi connectivity index (χ0v) is 11.1. The van der Waals surface area contributed by atoms with Crippen molar-refractivity contribution in [2.24, 2.45) is 5.92 Å². The number of rotatable bonds is 6. The summed E-state index contributed by atoms with van der Waals surface area (Å²) < 4.78 is 11.6. The summed E-state index contributed by atoms with van der Waals surface area (Å²) in [6, 6.07) is 5.50. The number of hydrogen-bond donors (Lipinski definition) is 0. The van der Waals surface area contributed by atoms with E-state index >= 15 is 0 Å². The van der Waals surface area contributed by atoms with Crippen LogP contribution in [0.15, 0.2) is 24.3 Å². The average Bonchev–Trinajstić information content (AvgIpc) is 2.27. The number of nitrogens with zero attached hydrogens (tertiary/aromatic N) is 1. The number of carbonyl (C=O) groups excluding carboxylic acids is 1. The van der Waals surface area contributed by atoms with E-state index in [2.05, 4.69) is 0 Å². The number of non-ortho nitro benzene ring substituents is 1. The van der Waals surface area contributed by atoms with Gasteiger partial charge in [-0.2, -0.15) is 0 Å². The SMILES string of the molecule is CC(C)CS(=O)CC(=O)c1cccc([N+](=O)[O-])c1. The van der Waals surface area contributed by atoms with E-state index in [1.54, 1.807) is 0 Å². The molecule has 98 valence electrons. The Labute approximate surface area is 108 Å². The first-order chi connectivity index (χ1) is 8.40. The molecule has 0 heterocycles. The van der Waals surface area contributed by atoms with Crippen molar-refractivity contribution in [3.8, 4) is 0 Å². The van der Waals surface area contributed by atoms with Crippen molar-refractivity contribution < 1.29 is 13.9 Å². The minimum atomic E-state index is -1.22. The standard InChI is InChI=1S/C12H15NO4S/c1-9(2)7-18(17)8-12(14)10-4-3-5-11(6-10)13(15)16/h3-6,9H,7-8H2,1-2H3. The molecule has 0 spiro atoms. The fourth-order valence-electron chi connectivity index (χ4n) is 1.45. The molecule has 0 N–H and O–H groups in total. The first kappa shape index (κ1) is 14.5. The second kappa shape index (κ2) is 6.39. The van der Waals surface area contributed by atoms with Crippen LogP contribution in [-0.2, 0) is 10.8 Å². The number of benzene rings is 1. The molecule has 0 aliphatic rings. The molecule has 0 aromatic heterocycles. The Morgan fingerprint density at radius 3 is 2.67 bits per heavy atom. The molecular weight excluding hydrogens is 254 g/mol. The molecule has 0 aliphatic heterocycles. The fourth-order valence-corrected chi connectivity index (χ4v) is 2.77. The van der Waals surface area contributed by atoms with E-state index < -0.39 is 15.7 Å². The number of ketones is 1. The lowest BCUT2D eigenvalue weighted by Gasteiger charge is -2.04. The molecule has 0 amide bonds. The Morgan fingerprint density at radius 2 is 2.11 bits per heavy atom. The van der Waals surface area contributed by atoms with Crippen LogP contribution in [0.1, 0.15) is 24.2 Å². The third kappa shape index (κ3) is 4.37. The van der Waals surface area contributed by atoms with E-state index in [0.717, 1.165) is 0 Å². The molecule has 1 aromatic carbocycles. The molecule has 0 bridgehead atoms. The van der Waals surface area contributed by atoms with Gasteiger partial charge < -0.3 is 0 Å². The normalized spacial score (nSPS) is 12.4. The van der Waals surface area contributed by atoms with Gasteiger partial charge in [-0.1, -0.05) is 26.0 Å². The Hall–Kier alpha value is -1.56. The number of hydrogen-bond acceptors (Lipinski definition) is 4. The van der Waals surface area contributed by atoms with Crippen LogP contribution in [-0.4, -0.2) is 26.4 Å². The molecule has 0 saturated carbocycles. The van der Waals surface area contributed by atoms with Gasteiger partial charge in [0, 0.05) is 34.2 Å². The van der Waals surface area contributed by atoms with Crippen LogP contribution >= 0.6 is 0 Å². The van der Waals surface area contributed by atoms with Crippen LogP contribution in [0.25, 0.3) is 0 Å². The topological polar surface area (TPSA) is 77.3 Å². The molecule has 0 aliphatic carbocycles. The maximum absolute atomic E-state index is 11.8. The smallest absolute Gasteiger partial charge is 0.270 e. The molecule has 1 rings (SSSR count). The predicted octanol–water partition coefficient (Wildman–Crippen LogP) is 2.18. The van der Waals surface area contributed by atoms with Crippen molar-refractivity contribution in [2.75, 3.05) is 11.5 Å². The zero-order chi connectivity index (χ0) is 13.7. The number of carbonyl (C=O) groups is 1. The van der Waals surface area contributed by atoms with Gasteiger partial charge in [-0.25, -0.2) is 0 Å². The third-order valence-corrected chi connectivity index (χ3v) is 3.81. The Balaban J connectivity index is 2.75. The summed E-state index contributed by atoms with van der Waals surface area (Å²) >= 11 is 0. The zero-order valence-electron chi connectivity index (χ0n) is 10.3. The van der Waals surface area contributed by atoms with Crippen LogP contribution in [0.5, 0.6) is 0 Å². The van der Waals surface area contributed by atoms with Crippen LogP contribution < -0.4 is 0 Å². The van der Waals surface area contributed by atoms with Crippen molar-refractivity contribution in [3.63, 3.8) is 0 Å². The molecule has 0 saturated heterocycles. The van der Waals surface area contributed by atoms with Crippen molar-refractivity contribution in [2.45, 2.75) is 13.8 Å². The number of nitro groups is 1. The minimum Gasteiger partial charge on any atom is -0.293 e. The molecule has 0 radical (unpaired) electrons. The molecular formula is C12H15NO4S. The van der Waals surface area contributed by atoms with E-state index in [0.29, 0.717) is 5.75 Å². The van der Waals surface area contributed by atoms with E-state index in [1.807, 2.05) is 13.8 Å². The number of Topliss-reactive ketones (excluding diaryl/α,β-unsaturated/α-hetero) is 1. The largest absolute Gasteiger partial charge is 0.293 e. The van der Waals surface area contributed by atoms with Gasteiger partial charge in [-0.15, -0.1) is 0 Å². The summed E-state index contributed by atoms with van der Waals surface area (Å²) in [7, 11) is -1.22. The summed E-state index contributed by atoms with van der Waals surface area (Å²) in [5, 5.41) is 10.6. The van der Waals surface area contributed by atoms with Gasteiger partial charge in [0.15, 0.2) is 5.78 Å². The van der Waals surface area contributed by atoms with E-state index in [4.69, 9.17) is 0 Å². The number of nitro benzene ring substituents is 1. The van der Waals surface area contributed by atoms with Gasteiger partial charge in [-0.3, -0.25) is 19.1 Å². The van der Waals surface area contributed by atoms with Gasteiger partial charge in [0.05, 0.1) is 10.7 Å². The molecule has 5 nitrogen and oxygen atoms in total. The quantitative estimate of drug-likeness (QED) is 0.450. The summed E-state index contributed by atoms with van der Waals surface area (Å²) in [6.45, 7) is 3.85. The van der Waals surface area contributed by atoms with Crippen LogP contribution in [0, 0.1) is 16.0 Å². The van der Waals surface area contributed by atoms with Crippen LogP contribution in [0.4, 0.5) is 5.69 Å². The molecule has 1 atom stereocenters. The second-order valence-corrected chi connectivity index (χ2v) is 5.88. The lowest BCUT2D eigenvalue weighted by molar-refractivity contribution is -0.384. The highest BCUT2D eigenvalue weighted by atomic mass is 32.2. The molecule has 1 unspecified atom stereocenters. The Kier molecular flexibility index (Phi) is 5.15. The Bertz CT molecular complexity index is 485. The van der Waals surface area contributed by atoms with Crippen LogP contribution in [0.2, 0.25) is 0 Å². The highest BCUT2D eigenvalue weighted by Crippen LogP contribution is 2.14. The van der Waals surface area contributed by atoms with Crippen molar-refractivity contribution >= 4 is 22.3 Å². The van der Waals surface area contributed by atoms with Crippen molar-refractivity contribution in [1.82, 2.24) is 0 Å². The van der Waals surface area contributed by atoms with Gasteiger partial charge in [0.25, 0.3) is 5.69 Å². The molecule has 0 fully saturated rings. The maximum atomic E-state index is 11.8. The minimum absolute atomic E-state index is 0.0840. The van der Waals surface area contributed by atoms with Gasteiger partial charge in [0.2, 0.25) is 0 Å². The predicted molar refractivity (Wildman–Crippen MR) is 70.1 cm³/mol. The second-order valence-electron chi connectivity index (χ2n) is 4.38. The summed E-state index contributed by atoms with van der Waals surface area (Å²) in [4.78, 5) is 21.8. The average molecular weight is 269 g/mol. The lowest BCUT2D eigenvalue weighted by atomic mass is 10.1. The van der Waals surface area contributed by atoms with Gasteiger partial charge >= 0.3 is 0 Å². The molecule has 18 heavy (non-hydrogen) atoms. The Morgan fingerprint density at radius 1 is 1.44 bits per heavy atom.